The van der Waals surface area contributed by atoms with E-state index in [-0.39, 0.29) is 12.5 Å². The number of amidine groups is 1. The Kier molecular flexibility index (Phi) is 5.46. The van der Waals surface area contributed by atoms with Crippen molar-refractivity contribution in [3.63, 3.8) is 0 Å². The molecule has 3 aliphatic heterocycles. The van der Waals surface area contributed by atoms with Gasteiger partial charge >= 0.3 is 0 Å². The lowest BCUT2D eigenvalue weighted by molar-refractivity contribution is -0.121. The summed E-state index contributed by atoms with van der Waals surface area (Å²) >= 11 is 1.62. The number of hydrogen-bond acceptors (Lipinski definition) is 7. The third-order valence-corrected chi connectivity index (χ3v) is 6.29. The van der Waals surface area contributed by atoms with E-state index in [1.54, 1.807) is 23.8 Å². The van der Waals surface area contributed by atoms with E-state index in [1.807, 2.05) is 42.5 Å². The normalized spacial score (nSPS) is 17.0. The second kappa shape index (κ2) is 8.55. The van der Waals surface area contributed by atoms with Gasteiger partial charge in [0.05, 0.1) is 31.6 Å². The molecule has 160 valence electrons. The number of nitrogens with zero attached hydrogens (tertiary/aromatic N) is 3. The molecule has 31 heavy (non-hydrogen) atoms. The van der Waals surface area contributed by atoms with Crippen molar-refractivity contribution >= 4 is 34.2 Å². The number of aliphatic imine (C=N–C) groups is 1. The Balaban J connectivity index is 1.39. The van der Waals surface area contributed by atoms with Crippen LogP contribution in [0.25, 0.3) is 5.70 Å². The van der Waals surface area contributed by atoms with Gasteiger partial charge in [-0.05, 0) is 24.6 Å². The minimum atomic E-state index is -0.0652. The van der Waals surface area contributed by atoms with E-state index >= 15 is 0 Å². The van der Waals surface area contributed by atoms with Gasteiger partial charge in [-0.2, -0.15) is 0 Å². The maximum absolute atomic E-state index is 12.7. The second-order valence-electron chi connectivity index (χ2n) is 7.31. The average Bonchev–Trinajstić information content (AvgIpc) is 3.42. The van der Waals surface area contributed by atoms with Crippen LogP contribution in [0.4, 0.5) is 5.69 Å². The first kappa shape index (κ1) is 19.8. The number of carbonyl (C=O) groups is 1. The number of anilines is 1. The Morgan fingerprint density at radius 2 is 2.06 bits per heavy atom. The molecule has 0 saturated carbocycles. The third kappa shape index (κ3) is 3.83. The van der Waals surface area contributed by atoms with Gasteiger partial charge in [-0.15, -0.1) is 0 Å². The molecule has 2 aromatic carbocycles. The van der Waals surface area contributed by atoms with Gasteiger partial charge in [0.15, 0.2) is 17.5 Å². The minimum Gasteiger partial charge on any atom is -0.497 e. The predicted octanol–water partition coefficient (Wildman–Crippen LogP) is 3.61. The Morgan fingerprint density at radius 3 is 2.90 bits per heavy atom. The first-order valence-corrected chi connectivity index (χ1v) is 11.1. The van der Waals surface area contributed by atoms with Gasteiger partial charge < -0.3 is 24.0 Å². The molecule has 7 nitrogen and oxygen atoms in total. The van der Waals surface area contributed by atoms with Crippen LogP contribution in [0.15, 0.2) is 52.9 Å². The van der Waals surface area contributed by atoms with Gasteiger partial charge in [-0.25, -0.2) is 0 Å². The molecule has 1 amide bonds. The van der Waals surface area contributed by atoms with Crippen molar-refractivity contribution in [1.29, 1.82) is 0 Å². The zero-order chi connectivity index (χ0) is 21.2. The van der Waals surface area contributed by atoms with Gasteiger partial charge in [-0.3, -0.25) is 9.79 Å². The fourth-order valence-electron chi connectivity index (χ4n) is 3.90. The van der Waals surface area contributed by atoms with Crippen LogP contribution < -0.4 is 19.1 Å². The smallest absolute Gasteiger partial charge is 0.265 e. The first-order chi connectivity index (χ1) is 15.2. The highest BCUT2D eigenvalue weighted by atomic mass is 32.2. The lowest BCUT2D eigenvalue weighted by Crippen LogP contribution is -2.40. The summed E-state index contributed by atoms with van der Waals surface area (Å²) in [7, 11) is 1.63. The number of ether oxygens (including phenoxy) is 3. The van der Waals surface area contributed by atoms with E-state index in [9.17, 15) is 4.79 Å². The minimum absolute atomic E-state index is 0.0211. The number of methoxy groups -OCH3 is 1. The molecular formula is C23H23N3O4S. The van der Waals surface area contributed by atoms with Crippen molar-refractivity contribution in [2.45, 2.75) is 6.42 Å². The molecule has 0 unspecified atom stereocenters. The predicted molar refractivity (Wildman–Crippen MR) is 122 cm³/mol. The Hall–Kier alpha value is -3.13. The summed E-state index contributed by atoms with van der Waals surface area (Å²) in [6, 6.07) is 13.5. The molecule has 0 aromatic heterocycles. The fraction of sp³-hybridized carbons (Fsp3) is 0.304. The lowest BCUT2D eigenvalue weighted by Gasteiger charge is -2.32. The zero-order valence-corrected chi connectivity index (χ0v) is 18.1. The maximum atomic E-state index is 12.7. The Morgan fingerprint density at radius 1 is 1.19 bits per heavy atom. The molecule has 5 rings (SSSR count). The summed E-state index contributed by atoms with van der Waals surface area (Å²) in [4.78, 5) is 21.2. The van der Waals surface area contributed by atoms with E-state index in [2.05, 4.69) is 15.3 Å². The van der Waals surface area contributed by atoms with Crippen molar-refractivity contribution in [2.24, 2.45) is 4.99 Å². The first-order valence-electron chi connectivity index (χ1n) is 10.3. The average molecular weight is 438 g/mol. The topological polar surface area (TPSA) is 63.6 Å². The summed E-state index contributed by atoms with van der Waals surface area (Å²) < 4.78 is 17.3. The zero-order valence-electron chi connectivity index (χ0n) is 17.2. The molecule has 8 heteroatoms. The molecule has 0 radical (unpaired) electrons. The molecule has 3 heterocycles. The molecule has 2 aromatic rings. The number of rotatable bonds is 7. The van der Waals surface area contributed by atoms with Crippen molar-refractivity contribution < 1.29 is 19.0 Å². The number of benzene rings is 2. The van der Waals surface area contributed by atoms with Crippen LogP contribution in [0.1, 0.15) is 12.0 Å². The van der Waals surface area contributed by atoms with Gasteiger partial charge in [0.1, 0.15) is 11.5 Å². The molecule has 3 aliphatic rings. The van der Waals surface area contributed by atoms with E-state index in [1.165, 1.54) is 0 Å². The number of amides is 1. The van der Waals surface area contributed by atoms with Gasteiger partial charge in [0.2, 0.25) is 0 Å². The van der Waals surface area contributed by atoms with Crippen LogP contribution in [0, 0.1) is 0 Å². The highest BCUT2D eigenvalue weighted by Gasteiger charge is 2.34. The molecule has 0 spiro atoms. The van der Waals surface area contributed by atoms with E-state index < -0.39 is 0 Å². The summed E-state index contributed by atoms with van der Waals surface area (Å²) in [6.07, 6.45) is 0.702. The standard InChI is InChI=1S/C23H23N3O4S/c1-28-17-12-18(20-15-31-23-24-8-10-26(20)23)22-19(13-17)25(21(27)14-30-22)9-5-11-29-16-6-3-2-4-7-16/h2-4,6-7,12-13,15H,5,8-11,14H2,1H3. The van der Waals surface area contributed by atoms with Crippen molar-refractivity contribution in [1.82, 2.24) is 4.90 Å². The molecule has 0 saturated heterocycles. The number of fused-ring (bicyclic) bond motifs is 2. The molecule has 0 atom stereocenters. The van der Waals surface area contributed by atoms with Crippen LogP contribution in [0.5, 0.6) is 17.2 Å². The number of thioether (sulfide) groups is 1. The lowest BCUT2D eigenvalue weighted by atomic mass is 10.1. The molecule has 0 bridgehead atoms. The van der Waals surface area contributed by atoms with E-state index in [0.29, 0.717) is 31.1 Å². The molecular weight excluding hydrogens is 414 g/mol. The largest absolute Gasteiger partial charge is 0.497 e. The van der Waals surface area contributed by atoms with Gasteiger partial charge in [0, 0.05) is 30.1 Å². The van der Waals surface area contributed by atoms with E-state index in [4.69, 9.17) is 14.2 Å². The molecule has 0 N–H and O–H groups in total. The third-order valence-electron chi connectivity index (χ3n) is 5.39. The number of hydrogen-bond donors (Lipinski definition) is 0. The van der Waals surface area contributed by atoms with Gasteiger partial charge in [-0.1, -0.05) is 30.0 Å². The number of carbonyl (C=O) groups excluding carboxylic acids is 1. The van der Waals surface area contributed by atoms with Crippen LogP contribution in [-0.4, -0.2) is 55.9 Å². The summed E-state index contributed by atoms with van der Waals surface area (Å²) in [5.41, 5.74) is 2.70. The quantitative estimate of drug-likeness (QED) is 0.617. The van der Waals surface area contributed by atoms with Crippen LogP contribution in [0.3, 0.4) is 0 Å². The van der Waals surface area contributed by atoms with Crippen LogP contribution in [0.2, 0.25) is 0 Å². The summed E-state index contributed by atoms with van der Waals surface area (Å²) in [5, 5.41) is 3.10. The monoisotopic (exact) mass is 437 g/mol. The summed E-state index contributed by atoms with van der Waals surface area (Å²) in [6.45, 7) is 2.72. The van der Waals surface area contributed by atoms with Gasteiger partial charge in [0.25, 0.3) is 5.91 Å². The van der Waals surface area contributed by atoms with E-state index in [0.717, 1.165) is 41.0 Å². The van der Waals surface area contributed by atoms with Crippen LogP contribution >= 0.6 is 11.8 Å². The Labute approximate surface area is 185 Å². The van der Waals surface area contributed by atoms with Crippen LogP contribution in [-0.2, 0) is 4.79 Å². The fourth-order valence-corrected chi connectivity index (χ4v) is 4.85. The van der Waals surface area contributed by atoms with Crippen molar-refractivity contribution in [3.05, 3.63) is 53.4 Å². The SMILES string of the molecule is COc1cc(C2=CSC3=NCCN23)c2c(c1)N(CCCOc1ccccc1)C(=O)CO2. The number of para-hydroxylation sites is 1. The van der Waals surface area contributed by atoms with Crippen molar-refractivity contribution in [3.8, 4) is 17.2 Å². The Bertz CT molecular complexity index is 1050. The summed E-state index contributed by atoms with van der Waals surface area (Å²) in [5.74, 6) is 2.16. The van der Waals surface area contributed by atoms with Crippen molar-refractivity contribution in [2.75, 3.05) is 44.9 Å². The molecule has 0 fully saturated rings. The molecule has 0 aliphatic carbocycles. The maximum Gasteiger partial charge on any atom is 0.265 e. The second-order valence-corrected chi connectivity index (χ2v) is 8.15. The highest BCUT2D eigenvalue weighted by molar-refractivity contribution is 8.16. The highest BCUT2D eigenvalue weighted by Crippen LogP contribution is 2.46.